The van der Waals surface area contributed by atoms with Gasteiger partial charge in [-0.3, -0.25) is 15.2 Å². The second-order valence-electron chi connectivity index (χ2n) is 9.63. The number of aromatic carboxylic acids is 1. The van der Waals surface area contributed by atoms with Crippen molar-refractivity contribution in [3.05, 3.63) is 105 Å². The molecule has 12 nitrogen and oxygen atoms in total. The minimum absolute atomic E-state index is 0.0528. The monoisotopic (exact) mass is 572 g/mol. The number of carboxylic acids is 1. The molecule has 1 amide bonds. The number of carbonyl (C=O) groups excluding carboxylic acids is 1. The molecule has 0 aliphatic heterocycles. The fourth-order valence-electron chi connectivity index (χ4n) is 4.33. The van der Waals surface area contributed by atoms with Crippen LogP contribution in [0.3, 0.4) is 0 Å². The van der Waals surface area contributed by atoms with E-state index in [1.165, 1.54) is 17.0 Å². The van der Waals surface area contributed by atoms with E-state index >= 15 is 0 Å². The van der Waals surface area contributed by atoms with Gasteiger partial charge < -0.3 is 25.2 Å². The summed E-state index contributed by atoms with van der Waals surface area (Å²) in [6, 6.07) is 18.6. The lowest BCUT2D eigenvalue weighted by Crippen LogP contribution is -2.27. The molecule has 0 saturated heterocycles. The number of carbonyl (C=O) groups is 2. The molecule has 42 heavy (non-hydrogen) atoms. The third kappa shape index (κ3) is 6.66. The Morgan fingerprint density at radius 2 is 1.79 bits per heavy atom. The maximum Gasteiger partial charge on any atom is 0.348 e. The summed E-state index contributed by atoms with van der Waals surface area (Å²) < 4.78 is 12.6. The molecule has 12 heteroatoms. The zero-order chi connectivity index (χ0) is 30.4. The number of hydrogen-bond acceptors (Lipinski definition) is 7. The van der Waals surface area contributed by atoms with E-state index in [0.717, 1.165) is 15.8 Å². The van der Waals surface area contributed by atoms with Crippen molar-refractivity contribution in [2.75, 3.05) is 27.3 Å². The zero-order valence-electron chi connectivity index (χ0n) is 23.5. The van der Waals surface area contributed by atoms with Gasteiger partial charge in [0.15, 0.2) is 18.1 Å². The Balaban J connectivity index is 1.79. The molecule has 4 aromatic rings. The molecule has 1 atom stereocenters. The van der Waals surface area contributed by atoms with E-state index in [0.29, 0.717) is 35.9 Å². The van der Waals surface area contributed by atoms with Crippen LogP contribution >= 0.6 is 0 Å². The molecule has 0 spiro atoms. The van der Waals surface area contributed by atoms with Gasteiger partial charge in [-0.25, -0.2) is 9.59 Å². The van der Waals surface area contributed by atoms with E-state index in [2.05, 4.69) is 10.1 Å². The maximum absolute atomic E-state index is 13.1. The Morgan fingerprint density at radius 3 is 2.43 bits per heavy atom. The van der Waals surface area contributed by atoms with Gasteiger partial charge in [0, 0.05) is 25.6 Å². The molecule has 1 heterocycles. The molecule has 1 unspecified atom stereocenters. The summed E-state index contributed by atoms with van der Waals surface area (Å²) in [6.45, 7) is 2.00. The van der Waals surface area contributed by atoms with Gasteiger partial charge >= 0.3 is 11.7 Å². The van der Waals surface area contributed by atoms with Gasteiger partial charge in [-0.05, 0) is 48.7 Å². The molecular weight excluding hydrogens is 540 g/mol. The topological polar surface area (TPSA) is 177 Å². The second-order valence-corrected chi connectivity index (χ2v) is 9.63. The summed E-state index contributed by atoms with van der Waals surface area (Å²) >= 11 is 0. The number of likely N-dealkylation sites (N-methyl/N-ethyl adjacent to an activating group) is 1. The van der Waals surface area contributed by atoms with E-state index in [1.807, 2.05) is 19.1 Å². The standard InChI is InChI=1S/C30H32N6O6/c1-4-41-25-16-20(13-14-24(25)42-17-26(37)35(2)3)22(15-18-9-11-19(12-10-18)27(31)32)28-33-30(40)36(34-28)23-8-6-5-7-21(23)29(38)39/h5-14,16,22H,4,15,17H2,1-3H3,(H3,31,32)(H,38,39)(H,33,34,40). The van der Waals surface area contributed by atoms with Gasteiger partial charge in [-0.2, -0.15) is 4.68 Å². The predicted octanol–water partition coefficient (Wildman–Crippen LogP) is 2.78. The fraction of sp³-hybridized carbons (Fsp3) is 0.233. The largest absolute Gasteiger partial charge is 0.490 e. The van der Waals surface area contributed by atoms with Crippen molar-refractivity contribution in [1.29, 1.82) is 5.41 Å². The lowest BCUT2D eigenvalue weighted by Gasteiger charge is -2.19. The number of nitrogen functional groups attached to an aromatic ring is 1. The molecule has 0 saturated carbocycles. The number of nitrogens with zero attached hydrogens (tertiary/aromatic N) is 3. The number of nitrogens with two attached hydrogens (primary N) is 1. The summed E-state index contributed by atoms with van der Waals surface area (Å²) in [5.41, 5.74) is 7.26. The van der Waals surface area contributed by atoms with Crippen LogP contribution in [0.25, 0.3) is 5.69 Å². The lowest BCUT2D eigenvalue weighted by molar-refractivity contribution is -0.130. The van der Waals surface area contributed by atoms with E-state index in [-0.39, 0.29) is 29.6 Å². The Labute approximate surface area is 241 Å². The van der Waals surface area contributed by atoms with Crippen molar-refractivity contribution in [2.45, 2.75) is 19.3 Å². The molecule has 0 aliphatic carbocycles. The number of amides is 1. The van der Waals surface area contributed by atoms with Crippen molar-refractivity contribution in [3.63, 3.8) is 0 Å². The van der Waals surface area contributed by atoms with E-state index < -0.39 is 17.6 Å². The first-order chi connectivity index (χ1) is 20.1. The van der Waals surface area contributed by atoms with Crippen LogP contribution in [-0.2, 0) is 11.2 Å². The van der Waals surface area contributed by atoms with E-state index in [1.54, 1.807) is 56.6 Å². The summed E-state index contributed by atoms with van der Waals surface area (Å²) in [6.07, 6.45) is 0.386. The molecule has 1 aromatic heterocycles. The maximum atomic E-state index is 13.1. The Morgan fingerprint density at radius 1 is 1.07 bits per heavy atom. The van der Waals surface area contributed by atoms with Crippen molar-refractivity contribution < 1.29 is 24.2 Å². The highest BCUT2D eigenvalue weighted by Crippen LogP contribution is 2.35. The normalized spacial score (nSPS) is 11.5. The SMILES string of the molecule is CCOc1cc(C(Cc2ccc(C(=N)N)cc2)c2nn(-c3ccccc3C(=O)O)c(=O)[nH]2)ccc1OCC(=O)N(C)C. The summed E-state index contributed by atoms with van der Waals surface area (Å²) in [7, 11) is 3.28. The van der Waals surface area contributed by atoms with Crippen LogP contribution < -0.4 is 20.9 Å². The average molecular weight is 573 g/mol. The molecular formula is C30H32N6O6. The third-order valence-corrected chi connectivity index (χ3v) is 6.55. The number of rotatable bonds is 12. The highest BCUT2D eigenvalue weighted by molar-refractivity contribution is 5.94. The van der Waals surface area contributed by atoms with Gasteiger partial charge in [0.05, 0.1) is 17.9 Å². The fourth-order valence-corrected chi connectivity index (χ4v) is 4.33. The van der Waals surface area contributed by atoms with Crippen LogP contribution in [0.1, 0.15) is 45.7 Å². The molecule has 4 rings (SSSR count). The van der Waals surface area contributed by atoms with Gasteiger partial charge in [-0.15, -0.1) is 5.10 Å². The van der Waals surface area contributed by atoms with Crippen molar-refractivity contribution in [2.24, 2.45) is 5.73 Å². The van der Waals surface area contributed by atoms with Crippen LogP contribution in [0, 0.1) is 5.41 Å². The minimum atomic E-state index is -1.19. The number of benzene rings is 3. The predicted molar refractivity (Wildman–Crippen MR) is 156 cm³/mol. The number of carboxylic acid groups (broad SMARTS) is 1. The first-order valence-electron chi connectivity index (χ1n) is 13.1. The Bertz CT molecular complexity index is 1660. The van der Waals surface area contributed by atoms with Crippen LogP contribution in [0.4, 0.5) is 0 Å². The summed E-state index contributed by atoms with van der Waals surface area (Å²) in [4.78, 5) is 41.2. The molecule has 5 N–H and O–H groups in total. The number of nitrogens with one attached hydrogen (secondary N) is 2. The molecule has 218 valence electrons. The van der Waals surface area contributed by atoms with Crippen LogP contribution in [-0.4, -0.2) is 69.8 Å². The summed E-state index contributed by atoms with van der Waals surface area (Å²) in [5.74, 6) is -0.855. The number of amidine groups is 1. The zero-order valence-corrected chi connectivity index (χ0v) is 23.5. The van der Waals surface area contributed by atoms with E-state index in [9.17, 15) is 19.5 Å². The highest BCUT2D eigenvalue weighted by Gasteiger charge is 2.24. The lowest BCUT2D eigenvalue weighted by atomic mass is 9.90. The van der Waals surface area contributed by atoms with Crippen LogP contribution in [0.2, 0.25) is 0 Å². The van der Waals surface area contributed by atoms with Crippen LogP contribution in [0.5, 0.6) is 11.5 Å². The van der Waals surface area contributed by atoms with Crippen molar-refractivity contribution >= 4 is 17.7 Å². The van der Waals surface area contributed by atoms with Crippen LogP contribution in [0.15, 0.2) is 71.5 Å². The second kappa shape index (κ2) is 12.9. The third-order valence-electron chi connectivity index (χ3n) is 6.55. The molecule has 0 fully saturated rings. The van der Waals surface area contributed by atoms with E-state index in [4.69, 9.17) is 20.6 Å². The first kappa shape index (κ1) is 29.6. The Hall–Kier alpha value is -5.39. The van der Waals surface area contributed by atoms with Gasteiger partial charge in [0.2, 0.25) is 0 Å². The quantitative estimate of drug-likeness (QED) is 0.148. The average Bonchev–Trinajstić information content (AvgIpc) is 3.36. The molecule has 0 radical (unpaired) electrons. The number of aromatic nitrogens is 3. The minimum Gasteiger partial charge on any atom is -0.490 e. The number of hydrogen-bond donors (Lipinski definition) is 4. The number of aromatic amines is 1. The van der Waals surface area contributed by atoms with Gasteiger partial charge in [0.1, 0.15) is 11.7 Å². The Kier molecular flexibility index (Phi) is 9.05. The smallest absolute Gasteiger partial charge is 0.348 e. The molecule has 3 aromatic carbocycles. The first-order valence-corrected chi connectivity index (χ1v) is 13.1. The van der Waals surface area contributed by atoms with Gasteiger partial charge in [-0.1, -0.05) is 42.5 Å². The van der Waals surface area contributed by atoms with Crippen molar-refractivity contribution in [3.8, 4) is 17.2 Å². The van der Waals surface area contributed by atoms with Crippen molar-refractivity contribution in [1.82, 2.24) is 19.7 Å². The molecule has 0 aliphatic rings. The highest BCUT2D eigenvalue weighted by atomic mass is 16.5. The van der Waals surface area contributed by atoms with Gasteiger partial charge in [0.25, 0.3) is 5.91 Å². The number of ether oxygens (including phenoxy) is 2. The number of H-pyrrole nitrogens is 1. The molecule has 0 bridgehead atoms. The summed E-state index contributed by atoms with van der Waals surface area (Å²) in [5, 5.41) is 21.9. The number of para-hydroxylation sites is 1.